The minimum atomic E-state index is -0.158. The first-order chi connectivity index (χ1) is 10.7. The van der Waals surface area contributed by atoms with E-state index in [1.54, 1.807) is 6.07 Å². The Hall–Kier alpha value is -2.20. The molecule has 114 valence electrons. The quantitative estimate of drug-likeness (QED) is 0.915. The fraction of sp³-hybridized carbons (Fsp3) is 0.333. The van der Waals surface area contributed by atoms with Crippen molar-refractivity contribution in [1.82, 2.24) is 10.3 Å². The van der Waals surface area contributed by atoms with Gasteiger partial charge in [0.05, 0.1) is 0 Å². The van der Waals surface area contributed by atoms with Crippen LogP contribution in [0.15, 0.2) is 42.5 Å². The van der Waals surface area contributed by atoms with Crippen LogP contribution < -0.4 is 10.6 Å². The van der Waals surface area contributed by atoms with Crippen LogP contribution in [-0.2, 0) is 0 Å². The number of aryl methyl sites for hydroxylation is 1. The predicted molar refractivity (Wildman–Crippen MR) is 88.2 cm³/mol. The summed E-state index contributed by atoms with van der Waals surface area (Å²) in [5, 5.41) is 6.29. The maximum atomic E-state index is 12.3. The summed E-state index contributed by atoms with van der Waals surface area (Å²) in [6.45, 7) is 4.04. The summed E-state index contributed by atoms with van der Waals surface area (Å²) in [4.78, 5) is 16.9. The Morgan fingerprint density at radius 2 is 2.05 bits per heavy atom. The van der Waals surface area contributed by atoms with Gasteiger partial charge in [0.15, 0.2) is 0 Å². The van der Waals surface area contributed by atoms with E-state index >= 15 is 0 Å². The smallest absolute Gasteiger partial charge is 0.274 e. The third-order valence-corrected chi connectivity index (χ3v) is 4.03. The molecule has 0 bridgehead atoms. The first kappa shape index (κ1) is 14.7. The van der Waals surface area contributed by atoms with Crippen molar-refractivity contribution in [2.45, 2.75) is 25.7 Å². The van der Waals surface area contributed by atoms with Gasteiger partial charge in [-0.2, -0.15) is 0 Å². The van der Waals surface area contributed by atoms with E-state index in [4.69, 9.17) is 0 Å². The van der Waals surface area contributed by atoms with Gasteiger partial charge in [0.1, 0.15) is 5.69 Å². The van der Waals surface area contributed by atoms with Gasteiger partial charge < -0.3 is 10.6 Å². The molecule has 1 aromatic heterocycles. The molecule has 1 unspecified atom stereocenters. The number of nitrogens with zero attached hydrogens (tertiary/aromatic N) is 1. The molecule has 4 nitrogen and oxygen atoms in total. The number of benzene rings is 1. The Bertz CT molecular complexity index is 646. The zero-order valence-electron chi connectivity index (χ0n) is 12.8. The normalized spacial score (nSPS) is 18.0. The number of piperidine rings is 1. The Labute approximate surface area is 131 Å². The van der Waals surface area contributed by atoms with Crippen LogP contribution in [0.1, 0.15) is 40.5 Å². The number of pyridine rings is 1. The lowest BCUT2D eigenvalue weighted by molar-refractivity contribution is 0.102. The number of rotatable bonds is 3. The predicted octanol–water partition coefficient (Wildman–Crippen LogP) is 3.11. The van der Waals surface area contributed by atoms with Gasteiger partial charge in [0, 0.05) is 23.8 Å². The Morgan fingerprint density at radius 3 is 2.77 bits per heavy atom. The number of nitrogens with one attached hydrogen (secondary N) is 2. The second kappa shape index (κ2) is 6.71. The van der Waals surface area contributed by atoms with E-state index in [1.807, 2.05) is 43.3 Å². The SMILES string of the molecule is Cc1ccc(NC(=O)c2cccc(C3CCCNC3)n2)cc1. The highest BCUT2D eigenvalue weighted by Crippen LogP contribution is 2.21. The van der Waals surface area contributed by atoms with Gasteiger partial charge in [-0.05, 0) is 50.6 Å². The average Bonchev–Trinajstić information content (AvgIpc) is 2.58. The van der Waals surface area contributed by atoms with Crippen molar-refractivity contribution in [2.24, 2.45) is 0 Å². The maximum absolute atomic E-state index is 12.3. The van der Waals surface area contributed by atoms with Gasteiger partial charge in [-0.3, -0.25) is 4.79 Å². The van der Waals surface area contributed by atoms with Crippen molar-refractivity contribution in [2.75, 3.05) is 18.4 Å². The monoisotopic (exact) mass is 295 g/mol. The molecule has 4 heteroatoms. The van der Waals surface area contributed by atoms with E-state index in [-0.39, 0.29) is 5.91 Å². The zero-order chi connectivity index (χ0) is 15.4. The Balaban J connectivity index is 1.73. The van der Waals surface area contributed by atoms with E-state index in [2.05, 4.69) is 15.6 Å². The lowest BCUT2D eigenvalue weighted by atomic mass is 9.95. The molecule has 2 aromatic rings. The summed E-state index contributed by atoms with van der Waals surface area (Å²) < 4.78 is 0. The van der Waals surface area contributed by atoms with Gasteiger partial charge in [0.25, 0.3) is 5.91 Å². The molecule has 1 fully saturated rings. The molecule has 0 radical (unpaired) electrons. The van der Waals surface area contributed by atoms with Crippen LogP contribution in [0.5, 0.6) is 0 Å². The van der Waals surface area contributed by atoms with E-state index in [0.717, 1.165) is 37.3 Å². The van der Waals surface area contributed by atoms with Crippen LogP contribution in [0.2, 0.25) is 0 Å². The number of carbonyl (C=O) groups excluding carboxylic acids is 1. The van der Waals surface area contributed by atoms with E-state index in [9.17, 15) is 4.79 Å². The molecule has 0 aliphatic carbocycles. The molecule has 1 atom stereocenters. The molecule has 0 spiro atoms. The van der Waals surface area contributed by atoms with Crippen LogP contribution >= 0.6 is 0 Å². The molecule has 3 rings (SSSR count). The fourth-order valence-electron chi connectivity index (χ4n) is 2.74. The second-order valence-electron chi connectivity index (χ2n) is 5.81. The van der Waals surface area contributed by atoms with Gasteiger partial charge >= 0.3 is 0 Å². The van der Waals surface area contributed by atoms with Crippen molar-refractivity contribution in [1.29, 1.82) is 0 Å². The molecular weight excluding hydrogens is 274 g/mol. The molecular formula is C18H21N3O. The second-order valence-corrected chi connectivity index (χ2v) is 5.81. The third kappa shape index (κ3) is 3.52. The summed E-state index contributed by atoms with van der Waals surface area (Å²) >= 11 is 0. The largest absolute Gasteiger partial charge is 0.321 e. The third-order valence-electron chi connectivity index (χ3n) is 4.03. The van der Waals surface area contributed by atoms with Crippen LogP contribution in [0.4, 0.5) is 5.69 Å². The summed E-state index contributed by atoms with van der Waals surface area (Å²) in [7, 11) is 0. The minimum absolute atomic E-state index is 0.158. The van der Waals surface area contributed by atoms with E-state index in [0.29, 0.717) is 11.6 Å². The van der Waals surface area contributed by atoms with Crippen molar-refractivity contribution < 1.29 is 4.79 Å². The first-order valence-electron chi connectivity index (χ1n) is 7.78. The topological polar surface area (TPSA) is 54.0 Å². The van der Waals surface area contributed by atoms with Gasteiger partial charge in [-0.25, -0.2) is 4.98 Å². The minimum Gasteiger partial charge on any atom is -0.321 e. The van der Waals surface area contributed by atoms with Crippen molar-refractivity contribution in [3.63, 3.8) is 0 Å². The molecule has 22 heavy (non-hydrogen) atoms. The summed E-state index contributed by atoms with van der Waals surface area (Å²) in [5.74, 6) is 0.246. The lowest BCUT2D eigenvalue weighted by Crippen LogP contribution is -2.29. The first-order valence-corrected chi connectivity index (χ1v) is 7.78. The van der Waals surface area contributed by atoms with Crippen LogP contribution in [0, 0.1) is 6.92 Å². The highest BCUT2D eigenvalue weighted by molar-refractivity contribution is 6.02. The molecule has 1 saturated heterocycles. The molecule has 1 aliphatic rings. The van der Waals surface area contributed by atoms with Crippen molar-refractivity contribution >= 4 is 11.6 Å². The molecule has 1 amide bonds. The number of aromatic nitrogens is 1. The molecule has 2 heterocycles. The van der Waals surface area contributed by atoms with Gasteiger partial charge in [0.2, 0.25) is 0 Å². The highest BCUT2D eigenvalue weighted by atomic mass is 16.1. The lowest BCUT2D eigenvalue weighted by Gasteiger charge is -2.22. The average molecular weight is 295 g/mol. The summed E-state index contributed by atoms with van der Waals surface area (Å²) in [6.07, 6.45) is 2.29. The number of amides is 1. The van der Waals surface area contributed by atoms with Crippen molar-refractivity contribution in [3.05, 3.63) is 59.4 Å². The fourth-order valence-corrected chi connectivity index (χ4v) is 2.74. The Morgan fingerprint density at radius 1 is 1.23 bits per heavy atom. The molecule has 2 N–H and O–H groups in total. The van der Waals surface area contributed by atoms with Crippen LogP contribution in [0.3, 0.4) is 0 Å². The molecule has 1 aromatic carbocycles. The van der Waals surface area contributed by atoms with Crippen molar-refractivity contribution in [3.8, 4) is 0 Å². The van der Waals surface area contributed by atoms with E-state index < -0.39 is 0 Å². The zero-order valence-corrected chi connectivity index (χ0v) is 12.8. The number of anilines is 1. The van der Waals surface area contributed by atoms with Crippen LogP contribution in [0.25, 0.3) is 0 Å². The number of hydrogen-bond acceptors (Lipinski definition) is 3. The van der Waals surface area contributed by atoms with Gasteiger partial charge in [-0.1, -0.05) is 23.8 Å². The number of hydrogen-bond donors (Lipinski definition) is 2. The van der Waals surface area contributed by atoms with Crippen LogP contribution in [-0.4, -0.2) is 24.0 Å². The molecule has 1 aliphatic heterocycles. The Kier molecular flexibility index (Phi) is 4.49. The summed E-state index contributed by atoms with van der Waals surface area (Å²) in [6, 6.07) is 13.5. The van der Waals surface area contributed by atoms with E-state index in [1.165, 1.54) is 5.56 Å². The van der Waals surface area contributed by atoms with Gasteiger partial charge in [-0.15, -0.1) is 0 Å². The maximum Gasteiger partial charge on any atom is 0.274 e. The summed E-state index contributed by atoms with van der Waals surface area (Å²) in [5.41, 5.74) is 3.44. The standard InChI is InChI=1S/C18H21N3O/c1-13-7-9-15(10-8-13)20-18(22)17-6-2-5-16(21-17)14-4-3-11-19-12-14/h2,5-10,14,19H,3-4,11-12H2,1H3,(H,20,22). The number of carbonyl (C=O) groups is 1. The highest BCUT2D eigenvalue weighted by Gasteiger charge is 2.18. The molecule has 0 saturated carbocycles.